The Morgan fingerprint density at radius 2 is 1.88 bits per heavy atom. The van der Waals surface area contributed by atoms with Crippen LogP contribution in [0, 0.1) is 0 Å². The fourth-order valence-electron chi connectivity index (χ4n) is 4.38. The van der Waals surface area contributed by atoms with Gasteiger partial charge < -0.3 is 24.7 Å². The summed E-state index contributed by atoms with van der Waals surface area (Å²) in [6, 6.07) is 13.8. The van der Waals surface area contributed by atoms with Gasteiger partial charge in [-0.25, -0.2) is 4.79 Å². The molecule has 1 aromatic heterocycles. The lowest BCUT2D eigenvalue weighted by Gasteiger charge is -2.25. The number of amides is 1. The molecular weight excluding hydrogens is 448 g/mol. The summed E-state index contributed by atoms with van der Waals surface area (Å²) in [5, 5.41) is 3.74. The van der Waals surface area contributed by atoms with Crippen molar-refractivity contribution in [3.8, 4) is 17.0 Å². The zero-order chi connectivity index (χ0) is 23.9. The third-order valence-corrected chi connectivity index (χ3v) is 7.01. The zero-order valence-corrected chi connectivity index (χ0v) is 20.8. The maximum Gasteiger partial charge on any atom is 0.411 e. The Morgan fingerprint density at radius 1 is 1.12 bits per heavy atom. The number of fused-ring (bicyclic) bond motifs is 1. The molecule has 0 unspecified atom stereocenters. The number of carbonyl (C=O) groups is 1. The number of aromatic nitrogens is 1. The minimum atomic E-state index is -0.458. The van der Waals surface area contributed by atoms with E-state index in [2.05, 4.69) is 27.8 Å². The average molecular weight is 483 g/mol. The molecular formula is C26H34N4O3S. The molecule has 0 radical (unpaired) electrons. The van der Waals surface area contributed by atoms with Crippen LogP contribution in [0.15, 0.2) is 42.5 Å². The van der Waals surface area contributed by atoms with Crippen LogP contribution >= 0.6 is 11.8 Å². The Labute approximate surface area is 205 Å². The molecule has 1 aliphatic rings. The Bertz CT molecular complexity index is 1110. The van der Waals surface area contributed by atoms with Crippen LogP contribution in [-0.4, -0.2) is 59.9 Å². The summed E-state index contributed by atoms with van der Waals surface area (Å²) in [7, 11) is 0. The lowest BCUT2D eigenvalue weighted by atomic mass is 10.1. The third-order valence-electron chi connectivity index (χ3n) is 6.06. The first-order chi connectivity index (χ1) is 16.6. The van der Waals surface area contributed by atoms with E-state index in [4.69, 9.17) is 15.2 Å². The molecule has 1 saturated heterocycles. The second-order valence-corrected chi connectivity index (χ2v) is 9.49. The van der Waals surface area contributed by atoms with Crippen LogP contribution in [0.1, 0.15) is 20.3 Å². The third kappa shape index (κ3) is 5.62. The first-order valence-electron chi connectivity index (χ1n) is 12.0. The van der Waals surface area contributed by atoms with Gasteiger partial charge in [0, 0.05) is 60.4 Å². The number of aryl methyl sites for hydroxylation is 1. The smallest absolute Gasteiger partial charge is 0.411 e. The standard InChI is InChI=1S/C26H34N4O3S/c1-3-30-23-18-21(33-15-5-12-29-13-16-34-17-14-29)10-11-22(23)24(27)25(30)19-6-8-20(9-7-19)28-26(31)32-4-2/h6-11,18H,3-5,12-17,27H2,1-2H3,(H,28,31). The predicted molar refractivity (Wildman–Crippen MR) is 142 cm³/mol. The Morgan fingerprint density at radius 3 is 2.59 bits per heavy atom. The molecule has 0 bridgehead atoms. The number of benzene rings is 2. The molecule has 0 atom stereocenters. The molecule has 1 aliphatic heterocycles. The lowest BCUT2D eigenvalue weighted by Crippen LogP contribution is -2.33. The van der Waals surface area contributed by atoms with Gasteiger partial charge in [0.2, 0.25) is 0 Å². The molecule has 34 heavy (non-hydrogen) atoms. The van der Waals surface area contributed by atoms with Crippen molar-refractivity contribution in [3.63, 3.8) is 0 Å². The fraction of sp³-hybridized carbons (Fsp3) is 0.423. The van der Waals surface area contributed by atoms with Crippen LogP contribution in [0.25, 0.3) is 22.2 Å². The van der Waals surface area contributed by atoms with Gasteiger partial charge in [-0.2, -0.15) is 11.8 Å². The predicted octanol–water partition coefficient (Wildman–Crippen LogP) is 5.30. The summed E-state index contributed by atoms with van der Waals surface area (Å²) < 4.78 is 13.3. The van der Waals surface area contributed by atoms with Crippen LogP contribution in [0.4, 0.5) is 16.2 Å². The number of anilines is 2. The molecule has 3 N–H and O–H groups in total. The largest absolute Gasteiger partial charge is 0.493 e. The van der Waals surface area contributed by atoms with E-state index < -0.39 is 6.09 Å². The molecule has 0 spiro atoms. The van der Waals surface area contributed by atoms with Crippen LogP contribution < -0.4 is 15.8 Å². The number of nitrogen functional groups attached to an aromatic ring is 1. The number of thioether (sulfide) groups is 1. The summed E-state index contributed by atoms with van der Waals surface area (Å²) in [4.78, 5) is 14.2. The highest BCUT2D eigenvalue weighted by atomic mass is 32.2. The molecule has 3 aromatic rings. The quantitative estimate of drug-likeness (QED) is 0.403. The number of ether oxygens (including phenoxy) is 2. The van der Waals surface area contributed by atoms with Gasteiger partial charge in [-0.05, 0) is 44.5 Å². The van der Waals surface area contributed by atoms with E-state index in [-0.39, 0.29) is 0 Å². The highest BCUT2D eigenvalue weighted by Crippen LogP contribution is 2.38. The second kappa shape index (κ2) is 11.5. The van der Waals surface area contributed by atoms with Crippen molar-refractivity contribution >= 4 is 40.1 Å². The van der Waals surface area contributed by atoms with Crippen molar-refractivity contribution in [2.75, 3.05) is 55.4 Å². The van der Waals surface area contributed by atoms with Gasteiger partial charge in [-0.3, -0.25) is 5.32 Å². The first kappa shape index (κ1) is 24.3. The molecule has 182 valence electrons. The molecule has 0 aliphatic carbocycles. The average Bonchev–Trinajstić information content (AvgIpc) is 3.14. The SMILES string of the molecule is CCOC(=O)Nc1ccc(-c2c(N)c3ccc(OCCCN4CCSCC4)cc3n2CC)cc1. The van der Waals surface area contributed by atoms with E-state index >= 15 is 0 Å². The number of nitrogens with one attached hydrogen (secondary N) is 1. The minimum Gasteiger partial charge on any atom is -0.493 e. The summed E-state index contributed by atoms with van der Waals surface area (Å²) in [5.41, 5.74) is 11.1. The number of hydrogen-bond acceptors (Lipinski definition) is 6. The number of carbonyl (C=O) groups excluding carboxylic acids is 1. The number of nitrogens with zero attached hydrogens (tertiary/aromatic N) is 2. The van der Waals surface area contributed by atoms with Crippen molar-refractivity contribution in [3.05, 3.63) is 42.5 Å². The van der Waals surface area contributed by atoms with Gasteiger partial charge in [0.1, 0.15) is 5.75 Å². The van der Waals surface area contributed by atoms with Gasteiger partial charge >= 0.3 is 6.09 Å². The van der Waals surface area contributed by atoms with E-state index in [1.807, 2.05) is 48.2 Å². The summed E-state index contributed by atoms with van der Waals surface area (Å²) in [5.74, 6) is 3.34. The number of rotatable bonds is 9. The van der Waals surface area contributed by atoms with Crippen LogP contribution in [0.5, 0.6) is 5.75 Å². The molecule has 1 amide bonds. The molecule has 4 rings (SSSR count). The minimum absolute atomic E-state index is 0.334. The van der Waals surface area contributed by atoms with Gasteiger partial charge in [-0.15, -0.1) is 0 Å². The summed E-state index contributed by atoms with van der Waals surface area (Å²) >= 11 is 2.04. The van der Waals surface area contributed by atoms with Gasteiger partial charge in [0.15, 0.2) is 0 Å². The Balaban J connectivity index is 1.48. The van der Waals surface area contributed by atoms with Gasteiger partial charge in [0.05, 0.1) is 30.1 Å². The summed E-state index contributed by atoms with van der Waals surface area (Å²) in [6.45, 7) is 9.17. The van der Waals surface area contributed by atoms with Crippen molar-refractivity contribution in [2.24, 2.45) is 0 Å². The Kier molecular flexibility index (Phi) is 8.24. The number of nitrogens with two attached hydrogens (primary N) is 1. The monoisotopic (exact) mass is 482 g/mol. The van der Waals surface area contributed by atoms with Crippen molar-refractivity contribution in [1.29, 1.82) is 0 Å². The molecule has 7 nitrogen and oxygen atoms in total. The van der Waals surface area contributed by atoms with E-state index in [1.54, 1.807) is 6.92 Å². The second-order valence-electron chi connectivity index (χ2n) is 8.26. The summed E-state index contributed by atoms with van der Waals surface area (Å²) in [6.07, 6.45) is 0.566. The zero-order valence-electron chi connectivity index (χ0n) is 20.0. The van der Waals surface area contributed by atoms with E-state index in [9.17, 15) is 4.79 Å². The Hall–Kier alpha value is -2.84. The highest BCUT2D eigenvalue weighted by Gasteiger charge is 2.17. The van der Waals surface area contributed by atoms with Crippen molar-refractivity contribution < 1.29 is 14.3 Å². The van der Waals surface area contributed by atoms with Crippen molar-refractivity contribution in [2.45, 2.75) is 26.8 Å². The maximum absolute atomic E-state index is 11.7. The molecule has 2 aromatic carbocycles. The molecule has 0 saturated carbocycles. The van der Waals surface area contributed by atoms with Gasteiger partial charge in [0.25, 0.3) is 0 Å². The van der Waals surface area contributed by atoms with E-state index in [1.165, 1.54) is 24.6 Å². The maximum atomic E-state index is 11.7. The molecule has 2 heterocycles. The van der Waals surface area contributed by atoms with E-state index in [0.717, 1.165) is 53.1 Å². The fourth-order valence-corrected chi connectivity index (χ4v) is 5.36. The van der Waals surface area contributed by atoms with E-state index in [0.29, 0.717) is 18.9 Å². The molecule has 1 fully saturated rings. The van der Waals surface area contributed by atoms with Gasteiger partial charge in [-0.1, -0.05) is 12.1 Å². The van der Waals surface area contributed by atoms with Crippen molar-refractivity contribution in [1.82, 2.24) is 9.47 Å². The molecule has 8 heteroatoms. The van der Waals surface area contributed by atoms with Crippen LogP contribution in [0.3, 0.4) is 0 Å². The first-order valence-corrected chi connectivity index (χ1v) is 13.1. The normalized spacial score (nSPS) is 14.3. The lowest BCUT2D eigenvalue weighted by molar-refractivity contribution is 0.168. The van der Waals surface area contributed by atoms with Crippen LogP contribution in [0.2, 0.25) is 0 Å². The van der Waals surface area contributed by atoms with Crippen LogP contribution in [-0.2, 0) is 11.3 Å². The highest BCUT2D eigenvalue weighted by molar-refractivity contribution is 7.99. The topological polar surface area (TPSA) is 81.8 Å². The number of hydrogen-bond donors (Lipinski definition) is 2.